The highest BCUT2D eigenvalue weighted by Gasteiger charge is 2.32. The standard InChI is InChI=1S/C32H30ClF2N5O4S/c1-5-7-23(41)38-12-14-39(15-13-38)29-18-16-19(33)24-25-20(34)8-6-9-21(25)37-22-10-11-36-27(17(2)3)30(22)40(28(18)26(24)35)32(42)31(29)45(4,43)44/h5-11,16-17,36H,12-15H2,1-4H3/b7-5+,37-22?. The summed E-state index contributed by atoms with van der Waals surface area (Å²) >= 11 is 6.76. The summed E-state index contributed by atoms with van der Waals surface area (Å²) in [6, 6.07) is 7.09. The molecule has 5 aromatic rings. The van der Waals surface area contributed by atoms with Crippen molar-refractivity contribution < 1.29 is 22.0 Å². The first kappa shape index (κ1) is 30.7. The summed E-state index contributed by atoms with van der Waals surface area (Å²) in [5, 5.41) is -0.607. The van der Waals surface area contributed by atoms with Crippen LogP contribution in [0.25, 0.3) is 38.2 Å². The molecule has 1 saturated heterocycles. The fourth-order valence-electron chi connectivity index (χ4n) is 6.17. The van der Waals surface area contributed by atoms with Gasteiger partial charge in [0.25, 0.3) is 5.56 Å². The monoisotopic (exact) mass is 653 g/mol. The average molecular weight is 654 g/mol. The van der Waals surface area contributed by atoms with Crippen molar-refractivity contribution in [3.63, 3.8) is 0 Å². The van der Waals surface area contributed by atoms with Crippen LogP contribution in [0.1, 0.15) is 32.4 Å². The molecule has 2 aromatic carbocycles. The largest absolute Gasteiger partial charge is 0.366 e. The molecule has 1 N–H and O–H groups in total. The van der Waals surface area contributed by atoms with E-state index in [1.54, 1.807) is 35.1 Å². The molecule has 2 bridgehead atoms. The quantitative estimate of drug-likeness (QED) is 0.249. The number of nitrogens with zero attached hydrogens (tertiary/aromatic N) is 4. The van der Waals surface area contributed by atoms with E-state index in [0.717, 1.165) is 10.7 Å². The number of aromatic nitrogens is 3. The molecule has 1 amide bonds. The van der Waals surface area contributed by atoms with Crippen molar-refractivity contribution in [2.24, 2.45) is 0 Å². The van der Waals surface area contributed by atoms with E-state index in [-0.39, 0.29) is 86.9 Å². The number of hydrogen-bond donors (Lipinski definition) is 1. The zero-order valence-corrected chi connectivity index (χ0v) is 26.6. The second-order valence-electron chi connectivity index (χ2n) is 11.4. The van der Waals surface area contributed by atoms with Gasteiger partial charge in [-0.05, 0) is 43.2 Å². The van der Waals surface area contributed by atoms with Crippen molar-refractivity contribution in [3.05, 3.63) is 81.4 Å². The van der Waals surface area contributed by atoms with E-state index in [9.17, 15) is 18.0 Å². The zero-order chi connectivity index (χ0) is 32.4. The number of H-pyrrole nitrogens is 1. The van der Waals surface area contributed by atoms with E-state index in [2.05, 4.69) is 4.98 Å². The average Bonchev–Trinajstić information content (AvgIpc) is 3.01. The smallest absolute Gasteiger partial charge is 0.276 e. The number of hydrogen-bond acceptors (Lipinski definition) is 6. The van der Waals surface area contributed by atoms with Crippen LogP contribution in [0.3, 0.4) is 0 Å². The number of halogens is 3. The van der Waals surface area contributed by atoms with Crippen molar-refractivity contribution in [2.75, 3.05) is 37.3 Å². The van der Waals surface area contributed by atoms with Crippen molar-refractivity contribution in [1.82, 2.24) is 19.3 Å². The summed E-state index contributed by atoms with van der Waals surface area (Å²) in [4.78, 5) is 37.7. The Bertz CT molecular complexity index is 2290. The number of anilines is 1. The fourth-order valence-corrected chi connectivity index (χ4v) is 7.45. The lowest BCUT2D eigenvalue weighted by Crippen LogP contribution is -2.49. The van der Waals surface area contributed by atoms with Crippen LogP contribution in [0, 0.1) is 11.6 Å². The van der Waals surface area contributed by atoms with Crippen molar-refractivity contribution >= 4 is 71.3 Å². The molecular weight excluding hydrogens is 624 g/mol. The van der Waals surface area contributed by atoms with Gasteiger partial charge in [0.15, 0.2) is 20.5 Å². The van der Waals surface area contributed by atoms with E-state index in [4.69, 9.17) is 16.6 Å². The van der Waals surface area contributed by atoms with Gasteiger partial charge in [0.1, 0.15) is 5.82 Å². The van der Waals surface area contributed by atoms with Crippen LogP contribution in [-0.4, -0.2) is 66.0 Å². The lowest BCUT2D eigenvalue weighted by Gasteiger charge is -2.37. The summed E-state index contributed by atoms with van der Waals surface area (Å²) in [5.74, 6) is -2.21. The first-order valence-corrected chi connectivity index (χ1v) is 16.6. The Labute approximate surface area is 262 Å². The Morgan fingerprint density at radius 3 is 2.42 bits per heavy atom. The molecule has 0 saturated carbocycles. The Morgan fingerprint density at radius 2 is 1.78 bits per heavy atom. The summed E-state index contributed by atoms with van der Waals surface area (Å²) < 4.78 is 60.8. The lowest BCUT2D eigenvalue weighted by molar-refractivity contribution is -0.126. The number of aromatic amines is 1. The van der Waals surface area contributed by atoms with Crippen LogP contribution in [0.4, 0.5) is 14.5 Å². The predicted molar refractivity (Wildman–Crippen MR) is 173 cm³/mol. The van der Waals surface area contributed by atoms with Crippen LogP contribution in [0.15, 0.2) is 58.4 Å². The Kier molecular flexibility index (Phi) is 7.68. The molecule has 0 unspecified atom stereocenters. The van der Waals surface area contributed by atoms with Gasteiger partial charge in [0.2, 0.25) is 5.91 Å². The molecular formula is C32H30ClF2N5O4S. The van der Waals surface area contributed by atoms with E-state index in [1.807, 2.05) is 13.8 Å². The van der Waals surface area contributed by atoms with Gasteiger partial charge in [0, 0.05) is 60.5 Å². The molecule has 3 aromatic heterocycles. The number of sulfone groups is 1. The van der Waals surface area contributed by atoms with Crippen LogP contribution in [-0.2, 0) is 14.6 Å². The summed E-state index contributed by atoms with van der Waals surface area (Å²) in [6.07, 6.45) is 5.61. The molecule has 1 aliphatic rings. The number of fused-ring (bicyclic) bond motifs is 5. The third-order valence-electron chi connectivity index (χ3n) is 8.13. The molecule has 1 aliphatic heterocycles. The minimum atomic E-state index is -4.24. The second-order valence-corrected chi connectivity index (χ2v) is 13.7. The normalized spacial score (nSPS) is 14.6. The maximum atomic E-state index is 17.2. The van der Waals surface area contributed by atoms with Gasteiger partial charge in [-0.25, -0.2) is 22.2 Å². The van der Waals surface area contributed by atoms with Gasteiger partial charge < -0.3 is 14.8 Å². The second kappa shape index (κ2) is 11.3. The number of carbonyl (C=O) groups is 1. The van der Waals surface area contributed by atoms with Gasteiger partial charge >= 0.3 is 0 Å². The zero-order valence-electron chi connectivity index (χ0n) is 25.0. The first-order chi connectivity index (χ1) is 21.3. The number of rotatable bonds is 4. The van der Waals surface area contributed by atoms with Crippen LogP contribution < -0.4 is 10.5 Å². The topological polar surface area (TPSA) is 108 Å². The van der Waals surface area contributed by atoms with E-state index in [0.29, 0.717) is 5.69 Å². The maximum absolute atomic E-state index is 17.2. The summed E-state index contributed by atoms with van der Waals surface area (Å²) in [7, 11) is -4.24. The van der Waals surface area contributed by atoms with Gasteiger partial charge in [0.05, 0.1) is 32.8 Å². The number of allylic oxidation sites excluding steroid dienone is 1. The third-order valence-corrected chi connectivity index (χ3v) is 9.54. The summed E-state index contributed by atoms with van der Waals surface area (Å²) in [6.45, 7) is 6.25. The van der Waals surface area contributed by atoms with Crippen LogP contribution in [0.5, 0.6) is 0 Å². The molecule has 0 atom stereocenters. The molecule has 6 rings (SSSR count). The number of benzene rings is 2. The molecule has 13 heteroatoms. The minimum Gasteiger partial charge on any atom is -0.366 e. The highest BCUT2D eigenvalue weighted by molar-refractivity contribution is 7.90. The first-order valence-electron chi connectivity index (χ1n) is 14.4. The molecule has 4 heterocycles. The van der Waals surface area contributed by atoms with Crippen molar-refractivity contribution in [2.45, 2.75) is 31.6 Å². The molecule has 0 aliphatic carbocycles. The molecule has 9 nitrogen and oxygen atoms in total. The number of piperazine rings is 1. The molecule has 0 radical (unpaired) electrons. The van der Waals surface area contributed by atoms with Gasteiger partial charge in [-0.15, -0.1) is 0 Å². The molecule has 234 valence electrons. The van der Waals surface area contributed by atoms with Gasteiger partial charge in [-0.1, -0.05) is 37.6 Å². The number of carbonyl (C=O) groups excluding carboxylic acids is 1. The van der Waals surface area contributed by atoms with Crippen LogP contribution >= 0.6 is 11.6 Å². The Morgan fingerprint density at radius 1 is 1.07 bits per heavy atom. The SMILES string of the molecule is C/C=C/C(=O)N1CCN(c2c(S(C)(=O)=O)c(=O)n3c4c(C(C)C)[nH]ccc4nc4cccc(F)c4c4c(Cl)cc2c3c4F)CC1. The lowest BCUT2D eigenvalue weighted by atomic mass is 10.0. The highest BCUT2D eigenvalue weighted by Crippen LogP contribution is 2.41. The highest BCUT2D eigenvalue weighted by atomic mass is 35.5. The van der Waals surface area contributed by atoms with E-state index < -0.39 is 31.9 Å². The molecule has 0 spiro atoms. The predicted octanol–water partition coefficient (Wildman–Crippen LogP) is 5.73. The van der Waals surface area contributed by atoms with Crippen molar-refractivity contribution in [1.29, 1.82) is 0 Å². The van der Waals surface area contributed by atoms with Crippen molar-refractivity contribution in [3.8, 4) is 0 Å². The van der Waals surface area contributed by atoms with Gasteiger partial charge in [-0.3, -0.25) is 14.0 Å². The third kappa shape index (κ3) is 4.96. The maximum Gasteiger partial charge on any atom is 0.276 e. The van der Waals surface area contributed by atoms with Gasteiger partial charge in [-0.2, -0.15) is 0 Å². The van der Waals surface area contributed by atoms with E-state index in [1.165, 1.54) is 30.3 Å². The summed E-state index contributed by atoms with van der Waals surface area (Å²) in [5.41, 5.74) is -0.342. The van der Waals surface area contributed by atoms with Crippen LogP contribution in [0.2, 0.25) is 5.02 Å². The molecule has 45 heavy (non-hydrogen) atoms. The Balaban J connectivity index is 1.89. The molecule has 1 fully saturated rings. The Hall–Kier alpha value is -4.29. The number of amides is 1. The van der Waals surface area contributed by atoms with E-state index >= 15 is 8.78 Å². The minimum absolute atomic E-state index is 0.0169. The number of nitrogens with one attached hydrogen (secondary N) is 1. The number of pyridine rings is 2. The fraction of sp³-hybridized carbons (Fsp3) is 0.281.